The third-order valence-electron chi connectivity index (χ3n) is 3.74. The van der Waals surface area contributed by atoms with E-state index in [1.807, 2.05) is 0 Å². The van der Waals surface area contributed by atoms with Gasteiger partial charge in [0, 0.05) is 26.8 Å². The zero-order valence-corrected chi connectivity index (χ0v) is 12.6. The van der Waals surface area contributed by atoms with Crippen molar-refractivity contribution in [3.63, 3.8) is 0 Å². The first kappa shape index (κ1) is 15.1. The van der Waals surface area contributed by atoms with E-state index in [4.69, 9.17) is 11.6 Å². The van der Waals surface area contributed by atoms with Crippen LogP contribution in [-0.2, 0) is 0 Å². The highest BCUT2D eigenvalue weighted by molar-refractivity contribution is 6.33. The van der Waals surface area contributed by atoms with Crippen LogP contribution in [0.5, 0.6) is 0 Å². The number of hydrogen-bond donors (Lipinski definition) is 2. The number of amides is 1. The molecule has 0 spiro atoms. The van der Waals surface area contributed by atoms with Crippen LogP contribution in [0.3, 0.4) is 0 Å². The summed E-state index contributed by atoms with van der Waals surface area (Å²) >= 11 is 6.03. The van der Waals surface area contributed by atoms with E-state index in [0.29, 0.717) is 22.9 Å². The largest absolute Gasteiger partial charge is 0.388 e. The van der Waals surface area contributed by atoms with Gasteiger partial charge in [-0.3, -0.25) is 4.79 Å². The highest BCUT2D eigenvalue weighted by Crippen LogP contribution is 2.30. The number of carbonyl (C=O) groups excluding carboxylic acids is 1. The number of aromatic nitrogens is 1. The van der Waals surface area contributed by atoms with Crippen LogP contribution in [0.25, 0.3) is 0 Å². The number of halogens is 1. The molecule has 1 aromatic rings. The Hall–Kier alpha value is -1.33. The summed E-state index contributed by atoms with van der Waals surface area (Å²) in [4.78, 5) is 18.0. The van der Waals surface area contributed by atoms with E-state index in [0.717, 1.165) is 25.7 Å². The quantitative estimate of drug-likeness (QED) is 0.894. The van der Waals surface area contributed by atoms with Crippen LogP contribution in [0.4, 0.5) is 5.82 Å². The fraction of sp³-hybridized carbons (Fsp3) is 0.571. The lowest BCUT2D eigenvalue weighted by Crippen LogP contribution is -2.42. The van der Waals surface area contributed by atoms with E-state index >= 15 is 0 Å². The van der Waals surface area contributed by atoms with Gasteiger partial charge >= 0.3 is 0 Å². The lowest BCUT2D eigenvalue weighted by molar-refractivity contribution is 0.0156. The van der Waals surface area contributed by atoms with Crippen LogP contribution >= 0.6 is 11.6 Å². The van der Waals surface area contributed by atoms with Crippen LogP contribution in [0, 0.1) is 0 Å². The van der Waals surface area contributed by atoms with E-state index in [1.165, 1.54) is 11.1 Å². The summed E-state index contributed by atoms with van der Waals surface area (Å²) in [5.41, 5.74) is -0.315. The molecule has 1 aliphatic carbocycles. The van der Waals surface area contributed by atoms with E-state index < -0.39 is 5.60 Å². The van der Waals surface area contributed by atoms with Crippen LogP contribution in [0.2, 0.25) is 5.02 Å². The van der Waals surface area contributed by atoms with Gasteiger partial charge in [0.2, 0.25) is 0 Å². The Labute approximate surface area is 123 Å². The highest BCUT2D eigenvalue weighted by Gasteiger charge is 2.33. The molecule has 1 fully saturated rings. The van der Waals surface area contributed by atoms with Crippen molar-refractivity contribution < 1.29 is 9.90 Å². The molecule has 0 unspecified atom stereocenters. The standard InChI is InChI=1S/C14H20ClN3O2/c1-16-12-11(15)7-10(8-17-12)13(19)18(2)9-14(20)5-3-4-6-14/h7-8,20H,3-6,9H2,1-2H3,(H,16,17). The third-order valence-corrected chi connectivity index (χ3v) is 4.03. The van der Waals surface area contributed by atoms with Crippen LogP contribution in [-0.4, -0.2) is 47.1 Å². The summed E-state index contributed by atoms with van der Waals surface area (Å²) in [5.74, 6) is 0.364. The molecule has 0 aliphatic heterocycles. The van der Waals surface area contributed by atoms with E-state index in [1.54, 1.807) is 20.2 Å². The second kappa shape index (κ2) is 5.97. The molecule has 0 saturated heterocycles. The maximum absolute atomic E-state index is 12.3. The molecule has 2 rings (SSSR count). The van der Waals surface area contributed by atoms with Crippen molar-refractivity contribution in [1.82, 2.24) is 9.88 Å². The molecule has 1 aromatic heterocycles. The Morgan fingerprint density at radius 1 is 1.55 bits per heavy atom. The lowest BCUT2D eigenvalue weighted by atomic mass is 10.0. The second-order valence-electron chi connectivity index (χ2n) is 5.40. The van der Waals surface area contributed by atoms with Crippen molar-refractivity contribution >= 4 is 23.3 Å². The molecule has 1 amide bonds. The number of nitrogens with one attached hydrogen (secondary N) is 1. The minimum absolute atomic E-state index is 0.178. The predicted molar refractivity (Wildman–Crippen MR) is 79.2 cm³/mol. The summed E-state index contributed by atoms with van der Waals surface area (Å²) in [6.45, 7) is 0.344. The van der Waals surface area contributed by atoms with E-state index in [2.05, 4.69) is 10.3 Å². The average molecular weight is 298 g/mol. The van der Waals surface area contributed by atoms with E-state index in [-0.39, 0.29) is 5.91 Å². The monoisotopic (exact) mass is 297 g/mol. The molecule has 0 aromatic carbocycles. The number of likely N-dealkylation sites (N-methyl/N-ethyl adjacent to an activating group) is 1. The summed E-state index contributed by atoms with van der Waals surface area (Å²) in [7, 11) is 3.41. The molecule has 0 radical (unpaired) electrons. The molecule has 20 heavy (non-hydrogen) atoms. The van der Waals surface area contributed by atoms with Gasteiger partial charge < -0.3 is 15.3 Å². The summed E-state index contributed by atoms with van der Waals surface area (Å²) in [6.07, 6.45) is 5.03. The average Bonchev–Trinajstić information content (AvgIpc) is 2.84. The second-order valence-corrected chi connectivity index (χ2v) is 5.80. The van der Waals surface area contributed by atoms with Gasteiger partial charge in [0.15, 0.2) is 0 Å². The number of anilines is 1. The molecule has 110 valence electrons. The number of hydrogen-bond acceptors (Lipinski definition) is 4. The Kier molecular flexibility index (Phi) is 4.50. The zero-order valence-electron chi connectivity index (χ0n) is 11.8. The fourth-order valence-corrected chi connectivity index (χ4v) is 2.92. The fourth-order valence-electron chi connectivity index (χ4n) is 2.66. The number of aliphatic hydroxyl groups is 1. The molecule has 0 bridgehead atoms. The van der Waals surface area contributed by atoms with Crippen molar-refractivity contribution in [2.24, 2.45) is 0 Å². The number of pyridine rings is 1. The first-order valence-corrected chi connectivity index (χ1v) is 7.14. The Balaban J connectivity index is 2.08. The number of nitrogens with zero attached hydrogens (tertiary/aromatic N) is 2. The van der Waals surface area contributed by atoms with Crippen molar-refractivity contribution in [2.75, 3.05) is 26.0 Å². The number of rotatable bonds is 4. The predicted octanol–water partition coefficient (Wildman–Crippen LogP) is 2.15. The van der Waals surface area contributed by atoms with Gasteiger partial charge in [0.25, 0.3) is 5.91 Å². The Morgan fingerprint density at radius 3 is 2.75 bits per heavy atom. The summed E-state index contributed by atoms with van der Waals surface area (Å²) in [5, 5.41) is 13.6. The normalized spacial score (nSPS) is 17.0. The molecule has 1 saturated carbocycles. The minimum Gasteiger partial charge on any atom is -0.388 e. The van der Waals surface area contributed by atoms with Gasteiger partial charge in [-0.05, 0) is 18.9 Å². The van der Waals surface area contributed by atoms with Crippen LogP contribution in [0.1, 0.15) is 36.0 Å². The van der Waals surface area contributed by atoms with Gasteiger partial charge in [-0.2, -0.15) is 0 Å². The Bertz CT molecular complexity index is 501. The van der Waals surface area contributed by atoms with Crippen molar-refractivity contribution in [2.45, 2.75) is 31.3 Å². The molecule has 5 nitrogen and oxygen atoms in total. The van der Waals surface area contributed by atoms with Crippen LogP contribution in [0.15, 0.2) is 12.3 Å². The summed E-state index contributed by atoms with van der Waals surface area (Å²) < 4.78 is 0. The van der Waals surface area contributed by atoms with E-state index in [9.17, 15) is 9.90 Å². The molecule has 6 heteroatoms. The van der Waals surface area contributed by atoms with Crippen molar-refractivity contribution in [1.29, 1.82) is 0 Å². The maximum atomic E-state index is 12.3. The first-order chi connectivity index (χ1) is 9.45. The van der Waals surface area contributed by atoms with Gasteiger partial charge in [-0.1, -0.05) is 24.4 Å². The third kappa shape index (κ3) is 3.22. The van der Waals surface area contributed by atoms with Crippen molar-refractivity contribution in [3.05, 3.63) is 22.8 Å². The molecule has 1 heterocycles. The highest BCUT2D eigenvalue weighted by atomic mass is 35.5. The van der Waals surface area contributed by atoms with Crippen molar-refractivity contribution in [3.8, 4) is 0 Å². The van der Waals surface area contributed by atoms with Gasteiger partial charge in [0.1, 0.15) is 5.82 Å². The van der Waals surface area contributed by atoms with Gasteiger partial charge in [-0.25, -0.2) is 4.98 Å². The van der Waals surface area contributed by atoms with Gasteiger partial charge in [-0.15, -0.1) is 0 Å². The van der Waals surface area contributed by atoms with Gasteiger partial charge in [0.05, 0.1) is 16.2 Å². The van der Waals surface area contributed by atoms with Crippen LogP contribution < -0.4 is 5.32 Å². The molecular weight excluding hydrogens is 278 g/mol. The molecular formula is C14H20ClN3O2. The summed E-state index contributed by atoms with van der Waals surface area (Å²) in [6, 6.07) is 1.60. The first-order valence-electron chi connectivity index (χ1n) is 6.76. The Morgan fingerprint density at radius 2 is 2.20 bits per heavy atom. The molecule has 0 atom stereocenters. The molecule has 2 N–H and O–H groups in total. The number of carbonyl (C=O) groups is 1. The lowest BCUT2D eigenvalue weighted by Gasteiger charge is -2.28. The topological polar surface area (TPSA) is 65.5 Å². The minimum atomic E-state index is -0.744. The maximum Gasteiger partial charge on any atom is 0.255 e. The molecule has 1 aliphatic rings. The SMILES string of the molecule is CNc1ncc(C(=O)N(C)CC2(O)CCCC2)cc1Cl. The zero-order chi connectivity index (χ0) is 14.8. The smallest absolute Gasteiger partial charge is 0.255 e.